The number of nitrogens with zero attached hydrogens (tertiary/aromatic N) is 4. The summed E-state index contributed by atoms with van der Waals surface area (Å²) >= 11 is 7.72. The number of hydrogen-bond donors (Lipinski definition) is 0. The van der Waals surface area contributed by atoms with Crippen molar-refractivity contribution in [3.8, 4) is 28.5 Å². The summed E-state index contributed by atoms with van der Waals surface area (Å²) in [6.45, 7) is 1.81. The van der Waals surface area contributed by atoms with Crippen LogP contribution in [0.25, 0.3) is 22.6 Å². The molecule has 1 amide bonds. The molecule has 0 fully saturated rings. The number of benzene rings is 2. The Bertz CT molecular complexity index is 1340. The third-order valence-electron chi connectivity index (χ3n) is 5.27. The number of carbonyl (C=O) groups is 1. The molecule has 1 atom stereocenters. The number of ether oxygens (including phenoxy) is 1. The molecule has 0 N–H and O–H groups in total. The van der Waals surface area contributed by atoms with Crippen LogP contribution in [-0.4, -0.2) is 27.3 Å². The van der Waals surface area contributed by atoms with Crippen molar-refractivity contribution in [2.75, 3.05) is 11.2 Å². The van der Waals surface area contributed by atoms with Crippen LogP contribution in [0.4, 0.5) is 5.69 Å². The number of hydrogen-bond acceptors (Lipinski definition) is 7. The van der Waals surface area contributed by atoms with Crippen molar-refractivity contribution in [2.24, 2.45) is 0 Å². The lowest BCUT2D eigenvalue weighted by Gasteiger charge is -2.29. The van der Waals surface area contributed by atoms with Crippen LogP contribution in [0.15, 0.2) is 70.2 Å². The molecule has 2 aromatic heterocycles. The van der Waals surface area contributed by atoms with Crippen molar-refractivity contribution in [1.29, 1.82) is 0 Å². The highest BCUT2D eigenvalue weighted by Gasteiger charge is 2.37. The SMILES string of the molecule is CCC(=O)N1c2ccccc2-c2nnc(SC)nc2O[C@@H]1c1ccc(-c2ccccc2Cl)o1. The number of carbonyl (C=O) groups excluding carboxylic acids is 1. The molecule has 166 valence electrons. The van der Waals surface area contributed by atoms with E-state index in [4.69, 9.17) is 20.8 Å². The molecule has 0 saturated heterocycles. The van der Waals surface area contributed by atoms with Gasteiger partial charge in [0, 0.05) is 17.5 Å². The molecule has 1 aliphatic rings. The van der Waals surface area contributed by atoms with Gasteiger partial charge in [0.05, 0.1) is 10.7 Å². The molecule has 9 heteroatoms. The lowest BCUT2D eigenvalue weighted by atomic mass is 10.1. The van der Waals surface area contributed by atoms with Gasteiger partial charge in [-0.1, -0.05) is 60.6 Å². The highest BCUT2D eigenvalue weighted by atomic mass is 35.5. The summed E-state index contributed by atoms with van der Waals surface area (Å²) in [6.07, 6.45) is 1.25. The maximum atomic E-state index is 13.2. The van der Waals surface area contributed by atoms with Gasteiger partial charge in [0.2, 0.25) is 23.2 Å². The summed E-state index contributed by atoms with van der Waals surface area (Å²) in [5.74, 6) is 1.17. The molecule has 3 heterocycles. The topological polar surface area (TPSA) is 81.4 Å². The Hall–Kier alpha value is -3.36. The zero-order chi connectivity index (χ0) is 22.9. The minimum absolute atomic E-state index is 0.131. The first-order chi connectivity index (χ1) is 16.1. The zero-order valence-electron chi connectivity index (χ0n) is 17.9. The third kappa shape index (κ3) is 3.85. The monoisotopic (exact) mass is 478 g/mol. The fourth-order valence-electron chi connectivity index (χ4n) is 3.72. The van der Waals surface area contributed by atoms with Gasteiger partial charge in [-0.15, -0.1) is 10.2 Å². The first-order valence-corrected chi connectivity index (χ1v) is 11.9. The average molecular weight is 479 g/mol. The first kappa shape index (κ1) is 21.5. The van der Waals surface area contributed by atoms with Crippen LogP contribution >= 0.6 is 23.4 Å². The molecule has 33 heavy (non-hydrogen) atoms. The van der Waals surface area contributed by atoms with Crippen molar-refractivity contribution >= 4 is 35.0 Å². The minimum Gasteiger partial charge on any atom is -0.455 e. The predicted octanol–water partition coefficient (Wildman–Crippen LogP) is 6.01. The molecule has 1 aliphatic heterocycles. The molecule has 0 radical (unpaired) electrons. The zero-order valence-corrected chi connectivity index (χ0v) is 19.4. The molecule has 0 saturated carbocycles. The number of thioether (sulfide) groups is 1. The van der Waals surface area contributed by atoms with Gasteiger partial charge in [-0.2, -0.15) is 4.98 Å². The van der Waals surface area contributed by atoms with Crippen molar-refractivity contribution in [1.82, 2.24) is 15.2 Å². The Morgan fingerprint density at radius 1 is 1.06 bits per heavy atom. The van der Waals surface area contributed by atoms with Crippen LogP contribution in [0.1, 0.15) is 25.3 Å². The van der Waals surface area contributed by atoms with E-state index in [0.717, 1.165) is 5.56 Å². The number of halogens is 1. The Kier molecular flexibility index (Phi) is 5.78. The second-order valence-corrected chi connectivity index (χ2v) is 8.42. The second-order valence-electron chi connectivity index (χ2n) is 7.24. The van der Waals surface area contributed by atoms with Crippen molar-refractivity contribution < 1.29 is 13.9 Å². The third-order valence-corrected chi connectivity index (χ3v) is 6.14. The number of para-hydroxylation sites is 1. The molecular weight excluding hydrogens is 460 g/mol. The molecule has 0 aliphatic carbocycles. The van der Waals surface area contributed by atoms with Crippen LogP contribution in [0.5, 0.6) is 5.88 Å². The second kappa shape index (κ2) is 8.88. The van der Waals surface area contributed by atoms with Gasteiger partial charge in [0.25, 0.3) is 0 Å². The fourth-order valence-corrected chi connectivity index (χ4v) is 4.24. The van der Waals surface area contributed by atoms with E-state index in [0.29, 0.717) is 38.6 Å². The van der Waals surface area contributed by atoms with E-state index in [-0.39, 0.29) is 18.2 Å². The Morgan fingerprint density at radius 3 is 2.58 bits per heavy atom. The number of furan rings is 1. The summed E-state index contributed by atoms with van der Waals surface area (Å²) in [7, 11) is 0. The lowest BCUT2D eigenvalue weighted by Crippen LogP contribution is -2.37. The van der Waals surface area contributed by atoms with Crippen molar-refractivity contribution in [2.45, 2.75) is 24.7 Å². The van der Waals surface area contributed by atoms with E-state index >= 15 is 0 Å². The molecule has 0 bridgehead atoms. The van der Waals surface area contributed by atoms with Gasteiger partial charge in [-0.05, 0) is 36.6 Å². The Balaban J connectivity index is 1.69. The quantitative estimate of drug-likeness (QED) is 0.332. The summed E-state index contributed by atoms with van der Waals surface area (Å²) in [5.41, 5.74) is 2.58. The van der Waals surface area contributed by atoms with Crippen molar-refractivity contribution in [3.63, 3.8) is 0 Å². The number of amides is 1. The van der Waals surface area contributed by atoms with Gasteiger partial charge >= 0.3 is 0 Å². The van der Waals surface area contributed by atoms with Gasteiger partial charge in [-0.25, -0.2) is 0 Å². The van der Waals surface area contributed by atoms with E-state index in [1.54, 1.807) is 24.0 Å². The van der Waals surface area contributed by atoms with Crippen molar-refractivity contribution in [3.05, 3.63) is 71.4 Å². The molecule has 0 spiro atoms. The van der Waals surface area contributed by atoms with Crippen LogP contribution in [0.2, 0.25) is 5.02 Å². The normalized spacial score (nSPS) is 14.8. The van der Waals surface area contributed by atoms with Gasteiger partial charge in [-0.3, -0.25) is 9.69 Å². The Morgan fingerprint density at radius 2 is 1.82 bits per heavy atom. The maximum absolute atomic E-state index is 13.2. The van der Waals surface area contributed by atoms with Crippen LogP contribution in [0.3, 0.4) is 0 Å². The minimum atomic E-state index is -0.887. The number of fused-ring (bicyclic) bond motifs is 3. The van der Waals surface area contributed by atoms with E-state index < -0.39 is 6.23 Å². The Labute approximate surface area is 199 Å². The number of anilines is 1. The summed E-state index contributed by atoms with van der Waals surface area (Å²) in [6, 6.07) is 18.5. The smallest absolute Gasteiger partial charge is 0.247 e. The van der Waals surface area contributed by atoms with Gasteiger partial charge in [0.15, 0.2) is 11.5 Å². The molecule has 5 rings (SSSR count). The van der Waals surface area contributed by atoms with Crippen LogP contribution in [0, 0.1) is 0 Å². The fraction of sp³-hybridized carbons (Fsp3) is 0.167. The van der Waals surface area contributed by atoms with Gasteiger partial charge < -0.3 is 9.15 Å². The molecule has 4 aromatic rings. The molecule has 0 unspecified atom stereocenters. The summed E-state index contributed by atoms with van der Waals surface area (Å²) in [4.78, 5) is 19.3. The highest BCUT2D eigenvalue weighted by molar-refractivity contribution is 7.98. The standard InChI is InChI=1S/C24H19ClN4O3S/c1-3-20(30)29-17-11-7-5-9-15(17)21-22(26-24(33-2)28-27-21)32-23(29)19-13-12-18(31-19)14-8-4-6-10-16(14)25/h4-13,23H,3H2,1-2H3/t23-/m1/s1. The van der Waals surface area contributed by atoms with Gasteiger partial charge in [0.1, 0.15) is 5.76 Å². The summed E-state index contributed by atoms with van der Waals surface area (Å²) < 4.78 is 12.5. The molecule has 7 nitrogen and oxygen atoms in total. The number of aromatic nitrogens is 3. The van der Waals surface area contributed by atoms with Crippen LogP contribution < -0.4 is 9.64 Å². The molecule has 2 aromatic carbocycles. The maximum Gasteiger partial charge on any atom is 0.247 e. The largest absolute Gasteiger partial charge is 0.455 e. The van der Waals surface area contributed by atoms with E-state index in [1.807, 2.05) is 54.8 Å². The van der Waals surface area contributed by atoms with E-state index in [9.17, 15) is 4.79 Å². The van der Waals surface area contributed by atoms with E-state index in [1.165, 1.54) is 11.8 Å². The summed E-state index contributed by atoms with van der Waals surface area (Å²) in [5, 5.41) is 9.57. The van der Waals surface area contributed by atoms with E-state index in [2.05, 4.69) is 15.2 Å². The number of rotatable bonds is 4. The van der Waals surface area contributed by atoms with Crippen LogP contribution in [-0.2, 0) is 4.79 Å². The average Bonchev–Trinajstić information content (AvgIpc) is 3.28. The highest BCUT2D eigenvalue weighted by Crippen LogP contribution is 2.44. The first-order valence-electron chi connectivity index (χ1n) is 10.3. The lowest BCUT2D eigenvalue weighted by molar-refractivity contribution is -0.120. The predicted molar refractivity (Wildman–Crippen MR) is 127 cm³/mol. The molecular formula is C24H19ClN4O3S.